The summed E-state index contributed by atoms with van der Waals surface area (Å²) >= 11 is 29.5. The normalized spacial score (nSPS) is 28.1. The highest BCUT2D eigenvalue weighted by atomic mass is 35.5. The van der Waals surface area contributed by atoms with Crippen LogP contribution in [-0.2, 0) is 0 Å². The molecular weight excluding hydrogens is 1830 g/mol. The van der Waals surface area contributed by atoms with Crippen LogP contribution < -0.4 is 71.1 Å². The van der Waals surface area contributed by atoms with Crippen molar-refractivity contribution < 1.29 is 13.3 Å². The maximum absolute atomic E-state index is 6.07. The minimum Gasteiger partial charge on any atom is -0.464 e. The number of rotatable bonds is 8. The average molecular weight is 1960 g/mol. The fourth-order valence-corrected chi connectivity index (χ4v) is 28.6. The Hall–Kier alpha value is -8.50. The van der Waals surface area contributed by atoms with Gasteiger partial charge in [0.2, 0.25) is 0 Å². The Balaban J connectivity index is 0.0000000874. The van der Waals surface area contributed by atoms with Crippen molar-refractivity contribution in [3.63, 3.8) is 0 Å². The molecule has 0 aliphatic carbocycles. The molecule has 0 bridgehead atoms. The van der Waals surface area contributed by atoms with Crippen molar-refractivity contribution in [2.24, 2.45) is 94.7 Å². The van der Waals surface area contributed by atoms with Gasteiger partial charge in [-0.15, -0.1) is 34.0 Å². The van der Waals surface area contributed by atoms with Crippen LogP contribution in [0.5, 0.6) is 0 Å². The number of likely N-dealkylation sites (tertiary alicyclic amines) is 2. The summed E-state index contributed by atoms with van der Waals surface area (Å²) in [4.78, 5) is 25.0. The largest absolute Gasteiger partial charge is 0.464 e. The lowest BCUT2D eigenvalue weighted by Crippen LogP contribution is -2.26. The zero-order valence-corrected chi connectivity index (χ0v) is 83.6. The fraction of sp³-hybridized carbons (Fsp3) is 0.455. The number of hydrogen-bond donors (Lipinski definition) is 6. The van der Waals surface area contributed by atoms with Crippen molar-refractivity contribution in [3.8, 4) is 0 Å². The van der Waals surface area contributed by atoms with Crippen LogP contribution in [0, 0.1) is 94.7 Å². The number of para-hydroxylation sites is 1. The molecule has 16 aliphatic heterocycles. The molecule has 22 heterocycles. The first-order valence-corrected chi connectivity index (χ1v) is 54.2. The monoisotopic (exact) mass is 1960 g/mol. The van der Waals surface area contributed by atoms with Crippen LogP contribution in [0.4, 0.5) is 45.5 Å². The van der Waals surface area contributed by atoms with Crippen LogP contribution in [0.15, 0.2) is 230 Å². The van der Waals surface area contributed by atoms with Crippen molar-refractivity contribution >= 4 is 189 Å². The van der Waals surface area contributed by atoms with E-state index in [1.54, 1.807) is 18.8 Å². The number of nitrogens with zero attached hydrogens (tertiary/aromatic N) is 10. The summed E-state index contributed by atoms with van der Waals surface area (Å²) in [5.41, 5.74) is 13.6. The molecule has 0 spiro atoms. The van der Waals surface area contributed by atoms with Gasteiger partial charge in [-0.05, 0) is 299 Å². The summed E-state index contributed by atoms with van der Waals surface area (Å²) in [6.07, 6.45) is 5.33. The number of hydrogen-bond acceptors (Lipinski definition) is 22. The molecule has 26 heteroatoms. The van der Waals surface area contributed by atoms with Crippen molar-refractivity contribution in [3.05, 3.63) is 237 Å². The molecule has 16 atom stereocenters. The number of thiophene rings is 3. The minimum absolute atomic E-state index is 0.631. The lowest BCUT2D eigenvalue weighted by molar-refractivity contribution is 0.387. The highest BCUT2D eigenvalue weighted by Gasteiger charge is 2.45. The van der Waals surface area contributed by atoms with E-state index in [1.807, 2.05) is 76.5 Å². The van der Waals surface area contributed by atoms with Gasteiger partial charge in [-0.2, -0.15) is 0 Å². The van der Waals surface area contributed by atoms with Gasteiger partial charge in [-0.1, -0.05) is 70.7 Å². The Labute approximate surface area is 832 Å². The molecule has 0 saturated carbocycles. The van der Waals surface area contributed by atoms with Gasteiger partial charge >= 0.3 is 0 Å². The summed E-state index contributed by atoms with van der Waals surface area (Å²) < 4.78 is 20.7. The van der Waals surface area contributed by atoms with Crippen LogP contribution in [-0.4, -0.2) is 233 Å². The van der Waals surface area contributed by atoms with E-state index in [9.17, 15) is 0 Å². The predicted molar refractivity (Wildman–Crippen MR) is 573 cm³/mol. The average Bonchev–Trinajstić information content (AvgIpc) is 1.64. The van der Waals surface area contributed by atoms with Crippen LogP contribution >= 0.6 is 80.4 Å². The van der Waals surface area contributed by atoms with Gasteiger partial charge in [-0.25, -0.2) is 0 Å². The van der Waals surface area contributed by atoms with Crippen LogP contribution in [0.3, 0.4) is 0 Å². The van der Waals surface area contributed by atoms with Gasteiger partial charge in [0.1, 0.15) is 11.2 Å². The molecule has 0 amide bonds. The van der Waals surface area contributed by atoms with Gasteiger partial charge < -0.3 is 94.2 Å². The third-order valence-electron chi connectivity index (χ3n) is 33.0. The summed E-state index contributed by atoms with van der Waals surface area (Å²) in [6, 6.07) is 64.6. The third-order valence-corrected chi connectivity index (χ3v) is 37.2. The van der Waals surface area contributed by atoms with Crippen LogP contribution in [0.2, 0.25) is 20.1 Å². The van der Waals surface area contributed by atoms with Crippen molar-refractivity contribution in [1.82, 2.24) is 41.7 Å². The van der Waals surface area contributed by atoms with Gasteiger partial charge in [0.05, 0.1) is 44.6 Å². The van der Waals surface area contributed by atoms with Crippen LogP contribution in [0.25, 0.3) is 63.2 Å². The quantitative estimate of drug-likeness (QED) is 0.0858. The predicted octanol–water partition coefficient (Wildman–Crippen LogP) is 19.9. The number of halogens is 4. The minimum atomic E-state index is 0.631. The standard InChI is InChI=1S/C15H18N2S.3C14H16N2O.2C14H16N2S.C13H16Cl2N2.C12H14Cl2N2/c1-16-7-12-9-17(10-13(12)8-16)14-2-3-15-11(6-14)4-5-18-15;1-2-14-10(3-4-17-14)5-13(1)16-8-11-6-15-7-12(11)9-16;1-2-13(12-4-5-17-14(12)3-1)16-8-10-6-15-7-11(10)9-16;1-2-10-4-5-17-14(10)13(3-1)16-8-11-6-15-7-12(11)9-16;1-2-14-10(3-4-17-14)5-13(1)16-8-11-6-15-7-12(11)9-16;1-2-13(5-14-10(1)3-4-17-14)16-8-11-6-15-7-12(11)9-16;1-16-5-9-7-17(8-10(9)6-16)11-2-3-12(14)13(15)4-11;13-11-2-1-10(3-12(11)14)16-6-8-4-15-5-9(8)7-16/h2-6,12-13H,7-10H2,1H3;1-5,11-12,15H,6-9H2;1-5,10-11,15H,6-9H2;3*1-5,11-12,15H,6-9H2;2-4,9-10H,5-8H2,1H3;1-3,8-9,15H,4-7H2. The van der Waals surface area contributed by atoms with E-state index in [0.29, 0.717) is 20.1 Å². The Morgan fingerprint density at radius 2 is 0.566 bits per heavy atom. The second-order valence-corrected chi connectivity index (χ2v) is 46.3. The molecule has 19 nitrogen and oxygen atoms in total. The first-order chi connectivity index (χ1) is 66.7. The van der Waals surface area contributed by atoms with E-state index in [4.69, 9.17) is 59.7 Å². The van der Waals surface area contributed by atoms with Gasteiger partial charge in [0.15, 0.2) is 5.58 Å². The van der Waals surface area contributed by atoms with Crippen molar-refractivity contribution in [2.75, 3.05) is 263 Å². The fourth-order valence-electron chi connectivity index (χ4n) is 25.7. The zero-order chi connectivity index (χ0) is 91.4. The molecule has 16 fully saturated rings. The lowest BCUT2D eigenvalue weighted by atomic mass is 10.0. The second kappa shape index (κ2) is 40.6. The van der Waals surface area contributed by atoms with E-state index in [0.717, 1.165) is 164 Å². The molecule has 136 heavy (non-hydrogen) atoms. The smallest absolute Gasteiger partial charge is 0.157 e. The lowest BCUT2D eigenvalue weighted by Gasteiger charge is -2.21. The molecule has 6 N–H and O–H groups in total. The topological polar surface area (TPSA) is 144 Å². The summed E-state index contributed by atoms with van der Waals surface area (Å²) in [7, 11) is 4.46. The Bertz CT molecular complexity index is 6020. The van der Waals surface area contributed by atoms with E-state index in [1.165, 1.54) is 249 Å². The number of benzene rings is 8. The molecule has 16 aliphatic rings. The van der Waals surface area contributed by atoms with Crippen molar-refractivity contribution in [2.45, 2.75) is 0 Å². The maximum atomic E-state index is 6.07. The van der Waals surface area contributed by atoms with Crippen molar-refractivity contribution in [1.29, 1.82) is 0 Å². The maximum Gasteiger partial charge on any atom is 0.157 e. The third kappa shape index (κ3) is 19.8. The van der Waals surface area contributed by atoms with Gasteiger partial charge in [0.25, 0.3) is 0 Å². The Morgan fingerprint density at radius 3 is 1.01 bits per heavy atom. The highest BCUT2D eigenvalue weighted by Crippen LogP contribution is 2.44. The number of anilines is 8. The molecule has 14 aromatic rings. The number of nitrogens with one attached hydrogen (secondary N) is 6. The van der Waals surface area contributed by atoms with Gasteiger partial charge in [0, 0.05) is 280 Å². The van der Waals surface area contributed by atoms with E-state index in [2.05, 4.69) is 251 Å². The van der Waals surface area contributed by atoms with Crippen LogP contribution in [0.1, 0.15) is 0 Å². The van der Waals surface area contributed by atoms with E-state index < -0.39 is 0 Å². The number of furan rings is 3. The summed E-state index contributed by atoms with van der Waals surface area (Å²) in [6.45, 7) is 38.3. The Kier molecular flexibility index (Phi) is 27.3. The second-order valence-electron chi connectivity index (χ2n) is 41.8. The molecule has 8 aromatic carbocycles. The summed E-state index contributed by atoms with van der Waals surface area (Å²) in [5.74, 6) is 13.5. The molecule has 712 valence electrons. The summed E-state index contributed by atoms with van der Waals surface area (Å²) in [5, 5.41) is 37.8. The first kappa shape index (κ1) is 91.3. The van der Waals surface area contributed by atoms with Gasteiger partial charge in [-0.3, -0.25) is 0 Å². The van der Waals surface area contributed by atoms with E-state index in [-0.39, 0.29) is 0 Å². The first-order valence-electron chi connectivity index (χ1n) is 50.0. The SMILES string of the molecule is CN1CC2CN(c3ccc(Cl)c(Cl)c3)CC2C1.CN1CC2CN(c3ccc4sccc4c3)CC2C1.Clc1ccc(N2CC3CNCC3C2)cc1Cl.c1cc(N2CC3CNCC3C2)c2ccoc2c1.c1cc(N2CC3CNCC3C2)c2occc2c1.c1cc2cc(N3CC4CNCC4C3)ccc2o1.c1cc2cc(N3CC4CNCC4C3)ccc2s1.c1cc2ccc(N3CC4CNCC4C3)cc2s1. The zero-order valence-electron chi connectivity index (χ0n) is 78.1. The number of fused-ring (bicyclic) bond motifs is 14. The molecule has 6 aromatic heterocycles. The molecule has 0 radical (unpaired) electrons. The molecule has 16 unspecified atom stereocenters. The molecular formula is C110H128Cl4N16O3S3. The highest BCUT2D eigenvalue weighted by molar-refractivity contribution is 7.17. The Morgan fingerprint density at radius 1 is 0.243 bits per heavy atom. The molecule has 16 saturated heterocycles. The molecule has 30 rings (SSSR count). The van der Waals surface area contributed by atoms with E-state index >= 15 is 0 Å².